The molecule has 0 aromatic rings. The number of amides is 4. The predicted molar refractivity (Wildman–Crippen MR) is 89.2 cm³/mol. The Kier molecular flexibility index (Phi) is 2.49. The van der Waals surface area contributed by atoms with Crippen molar-refractivity contribution in [3.8, 4) is 0 Å². The summed E-state index contributed by atoms with van der Waals surface area (Å²) in [4.78, 5) is 54.6. The third-order valence-corrected chi connectivity index (χ3v) is 7.80. The summed E-state index contributed by atoms with van der Waals surface area (Å²) in [7, 11) is 0. The number of hydrogen-bond donors (Lipinski definition) is 0. The van der Waals surface area contributed by atoms with Gasteiger partial charge in [-0.3, -0.25) is 29.0 Å². The zero-order chi connectivity index (χ0) is 17.8. The van der Waals surface area contributed by atoms with Crippen molar-refractivity contribution >= 4 is 23.6 Å². The molecular weight excluding hydrogens is 332 g/mol. The molecule has 6 nitrogen and oxygen atoms in total. The Balaban J connectivity index is 1.46. The molecule has 6 heteroatoms. The lowest BCUT2D eigenvalue weighted by Crippen LogP contribution is -2.54. The van der Waals surface area contributed by atoms with E-state index in [9.17, 15) is 19.2 Å². The largest absolute Gasteiger partial charge is 0.281 e. The summed E-state index contributed by atoms with van der Waals surface area (Å²) in [5.74, 6) is -0.924. The van der Waals surface area contributed by atoms with E-state index in [-0.39, 0.29) is 35.5 Å². The summed E-state index contributed by atoms with van der Waals surface area (Å²) in [5, 5.41) is 0. The summed E-state index contributed by atoms with van der Waals surface area (Å²) >= 11 is 0. The van der Waals surface area contributed by atoms with Crippen LogP contribution in [0.3, 0.4) is 0 Å². The van der Waals surface area contributed by atoms with Crippen molar-refractivity contribution in [1.29, 1.82) is 0 Å². The molecule has 4 amide bonds. The molecule has 6 rings (SSSR count). The second-order valence-electron chi connectivity index (χ2n) is 8.59. The van der Waals surface area contributed by atoms with E-state index in [2.05, 4.69) is 0 Å². The minimum Gasteiger partial charge on any atom is -0.281 e. The number of rotatable bonds is 0. The lowest BCUT2D eigenvalue weighted by atomic mass is 9.46. The topological polar surface area (TPSA) is 74.8 Å². The first-order chi connectivity index (χ1) is 12.5. The Morgan fingerprint density at radius 3 is 2.50 bits per heavy atom. The molecule has 3 aliphatic heterocycles. The summed E-state index contributed by atoms with van der Waals surface area (Å²) < 4.78 is 0. The van der Waals surface area contributed by atoms with Gasteiger partial charge in [-0.15, -0.1) is 0 Å². The number of fused-ring (bicyclic) bond motifs is 2. The maximum absolute atomic E-state index is 13.3. The van der Waals surface area contributed by atoms with Crippen molar-refractivity contribution in [3.63, 3.8) is 0 Å². The van der Waals surface area contributed by atoms with Gasteiger partial charge in [-0.1, -0.05) is 36.1 Å². The highest BCUT2D eigenvalue weighted by Crippen LogP contribution is 2.69. The molecule has 1 spiro atoms. The first kappa shape index (κ1) is 14.9. The van der Waals surface area contributed by atoms with Gasteiger partial charge in [-0.25, -0.2) is 0 Å². The van der Waals surface area contributed by atoms with Gasteiger partial charge in [0.25, 0.3) is 0 Å². The zero-order valence-corrected chi connectivity index (χ0v) is 14.5. The van der Waals surface area contributed by atoms with Gasteiger partial charge in [0.1, 0.15) is 0 Å². The first-order valence-electron chi connectivity index (χ1n) is 9.66. The fraction of sp³-hybridized carbons (Fsp3) is 0.600. The van der Waals surface area contributed by atoms with Crippen LogP contribution in [0.1, 0.15) is 38.5 Å². The van der Waals surface area contributed by atoms with E-state index in [0.717, 1.165) is 36.8 Å². The maximum Gasteiger partial charge on any atom is 0.240 e. The molecule has 0 radical (unpaired) electrons. The summed E-state index contributed by atoms with van der Waals surface area (Å²) in [6.45, 7) is 0.662. The minimum atomic E-state index is -0.690. The highest BCUT2D eigenvalue weighted by molar-refractivity contribution is 6.15. The van der Waals surface area contributed by atoms with Crippen molar-refractivity contribution in [2.24, 2.45) is 22.7 Å². The Bertz CT molecular complexity index is 886. The molecule has 1 saturated carbocycles. The standard InChI is InChI=1S/C20H20N2O4/c23-15-13-9-11-3-7-22-17(25)19-5-1-2-6-20(19,18(22)26)12(10-19)4-8-21(15)16(24)14(11)13/h9-10,13-14H,1-8H2/t13-,14+,19+,20-/m1/s1. The third kappa shape index (κ3) is 1.31. The molecule has 4 bridgehead atoms. The van der Waals surface area contributed by atoms with Gasteiger partial charge in [0.15, 0.2) is 0 Å². The van der Waals surface area contributed by atoms with Crippen LogP contribution in [-0.2, 0) is 19.2 Å². The summed E-state index contributed by atoms with van der Waals surface area (Å²) in [6.07, 6.45) is 8.27. The van der Waals surface area contributed by atoms with Crippen molar-refractivity contribution in [1.82, 2.24) is 9.80 Å². The van der Waals surface area contributed by atoms with Gasteiger partial charge in [-0.05, 0) is 25.7 Å². The van der Waals surface area contributed by atoms with Crippen LogP contribution >= 0.6 is 0 Å². The van der Waals surface area contributed by atoms with Crippen molar-refractivity contribution < 1.29 is 19.2 Å². The second-order valence-corrected chi connectivity index (χ2v) is 8.59. The van der Waals surface area contributed by atoms with Crippen molar-refractivity contribution in [2.45, 2.75) is 38.5 Å². The average Bonchev–Trinajstić information content (AvgIpc) is 2.86. The summed E-state index contributed by atoms with van der Waals surface area (Å²) in [5.41, 5.74) is 0.559. The Hall–Kier alpha value is -2.24. The van der Waals surface area contributed by atoms with Crippen molar-refractivity contribution in [2.75, 3.05) is 13.1 Å². The highest BCUT2D eigenvalue weighted by Gasteiger charge is 2.74. The van der Waals surface area contributed by atoms with Crippen LogP contribution in [0.2, 0.25) is 0 Å². The van der Waals surface area contributed by atoms with Gasteiger partial charge >= 0.3 is 0 Å². The monoisotopic (exact) mass is 352 g/mol. The Labute approximate surface area is 150 Å². The molecule has 134 valence electrons. The van der Waals surface area contributed by atoms with Crippen LogP contribution in [0.5, 0.6) is 0 Å². The van der Waals surface area contributed by atoms with Gasteiger partial charge in [0.2, 0.25) is 23.6 Å². The molecule has 0 aromatic carbocycles. The fourth-order valence-electron chi connectivity index (χ4n) is 6.51. The smallest absolute Gasteiger partial charge is 0.240 e. The lowest BCUT2D eigenvalue weighted by molar-refractivity contribution is -0.141. The molecule has 3 heterocycles. The van der Waals surface area contributed by atoms with E-state index >= 15 is 0 Å². The van der Waals surface area contributed by atoms with E-state index in [0.29, 0.717) is 25.9 Å². The van der Waals surface area contributed by atoms with Gasteiger partial charge in [0, 0.05) is 13.1 Å². The van der Waals surface area contributed by atoms with E-state index < -0.39 is 10.8 Å². The molecule has 26 heavy (non-hydrogen) atoms. The molecule has 0 unspecified atom stereocenters. The quantitative estimate of drug-likeness (QED) is 0.485. The van der Waals surface area contributed by atoms with E-state index in [1.165, 1.54) is 9.80 Å². The van der Waals surface area contributed by atoms with E-state index in [1.54, 1.807) is 0 Å². The number of imide groups is 2. The van der Waals surface area contributed by atoms with Gasteiger partial charge < -0.3 is 0 Å². The normalized spacial score (nSPS) is 43.1. The number of hydrogen-bond acceptors (Lipinski definition) is 4. The van der Waals surface area contributed by atoms with Gasteiger partial charge in [-0.2, -0.15) is 0 Å². The molecule has 3 aliphatic carbocycles. The lowest BCUT2D eigenvalue weighted by Gasteiger charge is -2.53. The average molecular weight is 352 g/mol. The third-order valence-electron chi connectivity index (χ3n) is 7.80. The number of carbonyl (C=O) groups excluding carboxylic acids is 4. The Morgan fingerprint density at radius 2 is 1.65 bits per heavy atom. The fourth-order valence-corrected chi connectivity index (χ4v) is 6.51. The highest BCUT2D eigenvalue weighted by atomic mass is 16.2. The Morgan fingerprint density at radius 1 is 0.885 bits per heavy atom. The van der Waals surface area contributed by atoms with Crippen LogP contribution in [0.15, 0.2) is 23.3 Å². The molecule has 6 aliphatic rings. The van der Waals surface area contributed by atoms with E-state index in [1.807, 2.05) is 12.2 Å². The van der Waals surface area contributed by atoms with Crippen LogP contribution in [0.4, 0.5) is 0 Å². The minimum absolute atomic E-state index is 0.0308. The SMILES string of the molecule is O=C1[C@H]2C3=C[C@H]2C(=O)N1CCC1=C[C@]24CCCC[C@]12C(=O)N(CC3)C4=O. The first-order valence-corrected chi connectivity index (χ1v) is 9.66. The number of nitrogens with zero attached hydrogens (tertiary/aromatic N) is 2. The molecule has 4 atom stereocenters. The van der Waals surface area contributed by atoms with Crippen LogP contribution in [-0.4, -0.2) is 46.5 Å². The van der Waals surface area contributed by atoms with Crippen molar-refractivity contribution in [3.05, 3.63) is 23.3 Å². The molecule has 4 fully saturated rings. The predicted octanol–water partition coefficient (Wildman–Crippen LogP) is 1.18. The molecule has 0 N–H and O–H groups in total. The number of carbonyl (C=O) groups is 4. The maximum atomic E-state index is 13.3. The van der Waals surface area contributed by atoms with Crippen LogP contribution < -0.4 is 0 Å². The van der Waals surface area contributed by atoms with Crippen LogP contribution in [0, 0.1) is 22.7 Å². The van der Waals surface area contributed by atoms with Gasteiger partial charge in [0.05, 0.1) is 22.7 Å². The molecule has 3 saturated heterocycles. The molecular formula is C20H20N2O4. The van der Waals surface area contributed by atoms with Crippen LogP contribution in [0.25, 0.3) is 0 Å². The summed E-state index contributed by atoms with van der Waals surface area (Å²) in [6, 6.07) is 0. The molecule has 0 aromatic heterocycles. The second kappa shape index (κ2) is 4.35. The zero-order valence-electron chi connectivity index (χ0n) is 14.5. The van der Waals surface area contributed by atoms with E-state index in [4.69, 9.17) is 0 Å².